The quantitative estimate of drug-likeness (QED) is 0.335. The minimum atomic E-state index is -4.27. The Morgan fingerprint density at radius 3 is 2.21 bits per heavy atom. The SMILES string of the molecule is CCNC(=O)C(CC)N(Cc1ccc(Cl)cc1)C(=O)CN(c1ccc(F)c(Cl)c1)S(=O)(=O)c1ccccc1. The fourth-order valence-corrected chi connectivity index (χ4v) is 5.61. The van der Waals surface area contributed by atoms with E-state index in [-0.39, 0.29) is 28.1 Å². The van der Waals surface area contributed by atoms with Crippen molar-refractivity contribution in [1.82, 2.24) is 10.2 Å². The summed E-state index contributed by atoms with van der Waals surface area (Å²) in [5, 5.41) is 2.95. The molecule has 0 aromatic heterocycles. The number of anilines is 1. The number of carbonyl (C=O) groups is 2. The van der Waals surface area contributed by atoms with E-state index in [1.165, 1.54) is 23.1 Å². The zero-order valence-corrected chi connectivity index (χ0v) is 23.2. The van der Waals surface area contributed by atoms with Gasteiger partial charge in [0.15, 0.2) is 0 Å². The molecule has 0 radical (unpaired) electrons. The first kappa shape index (κ1) is 29.4. The molecule has 0 saturated heterocycles. The summed E-state index contributed by atoms with van der Waals surface area (Å²) in [4.78, 5) is 28.0. The van der Waals surface area contributed by atoms with Gasteiger partial charge in [0, 0.05) is 18.1 Å². The first-order chi connectivity index (χ1) is 18.1. The van der Waals surface area contributed by atoms with Gasteiger partial charge in [-0.1, -0.05) is 60.5 Å². The Morgan fingerprint density at radius 2 is 1.63 bits per heavy atom. The van der Waals surface area contributed by atoms with Crippen LogP contribution >= 0.6 is 23.2 Å². The third-order valence-electron chi connectivity index (χ3n) is 5.80. The lowest BCUT2D eigenvalue weighted by Gasteiger charge is -2.33. The summed E-state index contributed by atoms with van der Waals surface area (Å²) in [5.74, 6) is -1.72. The number of rotatable bonds is 11. The van der Waals surface area contributed by atoms with Crippen molar-refractivity contribution >= 4 is 50.7 Å². The van der Waals surface area contributed by atoms with E-state index in [2.05, 4.69) is 5.32 Å². The molecule has 0 aliphatic heterocycles. The van der Waals surface area contributed by atoms with Crippen molar-refractivity contribution in [2.45, 2.75) is 37.8 Å². The maximum Gasteiger partial charge on any atom is 0.264 e. The molecule has 0 fully saturated rings. The summed E-state index contributed by atoms with van der Waals surface area (Å²) in [6.45, 7) is 3.28. The third kappa shape index (κ3) is 7.03. The molecule has 3 aromatic carbocycles. The predicted molar refractivity (Wildman–Crippen MR) is 147 cm³/mol. The molecule has 0 bridgehead atoms. The van der Waals surface area contributed by atoms with Gasteiger partial charge in [0.2, 0.25) is 11.8 Å². The van der Waals surface area contributed by atoms with Gasteiger partial charge in [0.1, 0.15) is 18.4 Å². The Morgan fingerprint density at radius 1 is 0.974 bits per heavy atom. The summed E-state index contributed by atoms with van der Waals surface area (Å²) in [6.07, 6.45) is 0.291. The van der Waals surface area contributed by atoms with Crippen molar-refractivity contribution < 1.29 is 22.4 Å². The molecule has 1 unspecified atom stereocenters. The number of carbonyl (C=O) groups excluding carboxylic acids is 2. The van der Waals surface area contributed by atoms with Crippen LogP contribution in [0.3, 0.4) is 0 Å². The fraction of sp³-hybridized carbons (Fsp3) is 0.259. The van der Waals surface area contributed by atoms with Crippen LogP contribution < -0.4 is 9.62 Å². The second-order valence-electron chi connectivity index (χ2n) is 8.39. The summed E-state index contributed by atoms with van der Waals surface area (Å²) in [6, 6.07) is 16.9. The molecule has 0 aliphatic carbocycles. The molecule has 1 N–H and O–H groups in total. The number of amides is 2. The normalized spacial score (nSPS) is 12.0. The van der Waals surface area contributed by atoms with Gasteiger partial charge in [0.05, 0.1) is 15.6 Å². The number of hydrogen-bond donors (Lipinski definition) is 1. The highest BCUT2D eigenvalue weighted by Crippen LogP contribution is 2.28. The Hall–Kier alpha value is -3.14. The molecule has 38 heavy (non-hydrogen) atoms. The largest absolute Gasteiger partial charge is 0.355 e. The number of halogens is 3. The van der Waals surface area contributed by atoms with Gasteiger partial charge in [-0.3, -0.25) is 13.9 Å². The number of nitrogens with zero attached hydrogens (tertiary/aromatic N) is 2. The molecule has 202 valence electrons. The maximum atomic E-state index is 13.9. The van der Waals surface area contributed by atoms with Gasteiger partial charge < -0.3 is 10.2 Å². The van der Waals surface area contributed by atoms with Crippen LogP contribution in [-0.4, -0.2) is 44.3 Å². The third-order valence-corrected chi connectivity index (χ3v) is 8.13. The predicted octanol–water partition coefficient (Wildman–Crippen LogP) is 5.27. The molecule has 2 amide bonds. The fourth-order valence-electron chi connectivity index (χ4n) is 3.89. The molecule has 3 aromatic rings. The monoisotopic (exact) mass is 579 g/mol. The van der Waals surface area contributed by atoms with E-state index in [9.17, 15) is 22.4 Å². The van der Waals surface area contributed by atoms with Crippen molar-refractivity contribution in [2.75, 3.05) is 17.4 Å². The van der Waals surface area contributed by atoms with Crippen molar-refractivity contribution in [3.63, 3.8) is 0 Å². The van der Waals surface area contributed by atoms with Crippen molar-refractivity contribution in [3.8, 4) is 0 Å². The van der Waals surface area contributed by atoms with Crippen LogP contribution in [-0.2, 0) is 26.2 Å². The highest BCUT2D eigenvalue weighted by Gasteiger charge is 2.33. The topological polar surface area (TPSA) is 86.8 Å². The van der Waals surface area contributed by atoms with Crippen LogP contribution in [0.1, 0.15) is 25.8 Å². The smallest absolute Gasteiger partial charge is 0.264 e. The molecular formula is C27H28Cl2FN3O4S. The highest BCUT2D eigenvalue weighted by atomic mass is 35.5. The first-order valence-electron chi connectivity index (χ1n) is 11.9. The molecule has 0 heterocycles. The number of nitrogens with one attached hydrogen (secondary N) is 1. The highest BCUT2D eigenvalue weighted by molar-refractivity contribution is 7.92. The van der Waals surface area contributed by atoms with Crippen LogP contribution in [0.2, 0.25) is 10.0 Å². The van der Waals surface area contributed by atoms with Gasteiger partial charge in [-0.15, -0.1) is 0 Å². The van der Waals surface area contributed by atoms with E-state index in [1.54, 1.807) is 56.3 Å². The van der Waals surface area contributed by atoms with Crippen molar-refractivity contribution in [1.29, 1.82) is 0 Å². The minimum absolute atomic E-state index is 0.00565. The van der Waals surface area contributed by atoms with Gasteiger partial charge in [-0.2, -0.15) is 0 Å². The number of likely N-dealkylation sites (N-methyl/N-ethyl adjacent to an activating group) is 1. The number of sulfonamides is 1. The minimum Gasteiger partial charge on any atom is -0.355 e. The summed E-state index contributed by atoms with van der Waals surface area (Å²) in [5.41, 5.74) is 0.707. The van der Waals surface area contributed by atoms with E-state index >= 15 is 0 Å². The molecule has 0 aliphatic rings. The van der Waals surface area contributed by atoms with Crippen LogP contribution in [0.25, 0.3) is 0 Å². The molecule has 0 saturated carbocycles. The Bertz CT molecular complexity index is 1370. The van der Waals surface area contributed by atoms with E-state index in [1.807, 2.05) is 0 Å². The number of hydrogen-bond acceptors (Lipinski definition) is 4. The zero-order chi connectivity index (χ0) is 27.9. The van der Waals surface area contributed by atoms with Gasteiger partial charge in [-0.05, 0) is 61.4 Å². The Balaban J connectivity index is 2.06. The summed E-state index contributed by atoms with van der Waals surface area (Å²) < 4.78 is 42.2. The maximum absolute atomic E-state index is 13.9. The van der Waals surface area contributed by atoms with Crippen LogP contribution in [0.15, 0.2) is 77.7 Å². The van der Waals surface area contributed by atoms with Crippen LogP contribution in [0, 0.1) is 5.82 Å². The molecular weight excluding hydrogens is 552 g/mol. The number of benzene rings is 3. The molecule has 7 nitrogen and oxygen atoms in total. The zero-order valence-electron chi connectivity index (χ0n) is 20.9. The molecule has 0 spiro atoms. The molecule has 11 heteroatoms. The lowest BCUT2D eigenvalue weighted by molar-refractivity contribution is -0.140. The Kier molecular flexibility index (Phi) is 10.1. The van der Waals surface area contributed by atoms with E-state index in [0.717, 1.165) is 16.4 Å². The second kappa shape index (κ2) is 13.1. The van der Waals surface area contributed by atoms with Gasteiger partial charge >= 0.3 is 0 Å². The lowest BCUT2D eigenvalue weighted by Crippen LogP contribution is -2.52. The summed E-state index contributed by atoms with van der Waals surface area (Å²) in [7, 11) is -4.27. The van der Waals surface area contributed by atoms with Gasteiger partial charge in [-0.25, -0.2) is 12.8 Å². The average Bonchev–Trinajstić information content (AvgIpc) is 2.90. The first-order valence-corrected chi connectivity index (χ1v) is 14.1. The van der Waals surface area contributed by atoms with Crippen LogP contribution in [0.5, 0.6) is 0 Å². The van der Waals surface area contributed by atoms with Crippen molar-refractivity contribution in [3.05, 3.63) is 94.2 Å². The summed E-state index contributed by atoms with van der Waals surface area (Å²) >= 11 is 12.0. The van der Waals surface area contributed by atoms with E-state index in [0.29, 0.717) is 23.6 Å². The molecule has 3 rings (SSSR count). The molecule has 1 atom stereocenters. The van der Waals surface area contributed by atoms with Crippen molar-refractivity contribution in [2.24, 2.45) is 0 Å². The lowest BCUT2D eigenvalue weighted by atomic mass is 10.1. The van der Waals surface area contributed by atoms with Gasteiger partial charge in [0.25, 0.3) is 10.0 Å². The van der Waals surface area contributed by atoms with E-state index in [4.69, 9.17) is 23.2 Å². The second-order valence-corrected chi connectivity index (χ2v) is 11.1. The average molecular weight is 581 g/mol. The standard InChI is InChI=1S/C27H28Cl2FN3O4S/c1-3-25(27(35)31-4-2)32(17-19-10-12-20(28)13-11-19)26(34)18-33(21-14-15-24(30)23(29)16-21)38(36,37)22-8-6-5-7-9-22/h5-16,25H,3-4,17-18H2,1-2H3,(H,31,35). The van der Waals surface area contributed by atoms with E-state index < -0.39 is 34.3 Å². The Labute approximate surface area is 232 Å². The van der Waals surface area contributed by atoms with Crippen LogP contribution in [0.4, 0.5) is 10.1 Å².